The number of alkyl halides is 3. The van der Waals surface area contributed by atoms with Gasteiger partial charge in [-0.25, -0.2) is 9.97 Å². The minimum Gasteiger partial charge on any atom is -0.383 e. The molecule has 0 aliphatic carbocycles. The number of anilines is 1. The molecule has 0 atom stereocenters. The first-order valence-electron chi connectivity index (χ1n) is 5.81. The first-order chi connectivity index (χ1) is 9.82. The maximum absolute atomic E-state index is 12.7. The summed E-state index contributed by atoms with van der Waals surface area (Å²) < 4.78 is 43.9. The van der Waals surface area contributed by atoms with E-state index in [1.807, 2.05) is 22.6 Å². The van der Waals surface area contributed by atoms with Crippen molar-refractivity contribution in [1.82, 2.24) is 9.97 Å². The highest BCUT2D eigenvalue weighted by Gasteiger charge is 2.30. The van der Waals surface area contributed by atoms with E-state index in [0.29, 0.717) is 9.26 Å². The van der Waals surface area contributed by atoms with E-state index < -0.39 is 11.7 Å². The molecule has 1 heterocycles. The lowest BCUT2D eigenvalue weighted by Crippen LogP contribution is -2.07. The Labute approximate surface area is 132 Å². The summed E-state index contributed by atoms with van der Waals surface area (Å²) in [4.78, 5) is 8.27. The third-order valence-corrected chi connectivity index (χ3v) is 3.85. The summed E-state index contributed by atoms with van der Waals surface area (Å²) in [7, 11) is 1.50. The maximum atomic E-state index is 12.7. The van der Waals surface area contributed by atoms with Gasteiger partial charge < -0.3 is 10.5 Å². The number of nitrogens with zero attached hydrogens (tertiary/aromatic N) is 2. The van der Waals surface area contributed by atoms with Crippen LogP contribution in [0.4, 0.5) is 19.0 Å². The molecule has 0 amide bonds. The Morgan fingerprint density at radius 3 is 2.62 bits per heavy atom. The van der Waals surface area contributed by atoms with E-state index in [1.54, 1.807) is 0 Å². The molecule has 2 N–H and O–H groups in total. The predicted molar refractivity (Wildman–Crippen MR) is 80.3 cm³/mol. The van der Waals surface area contributed by atoms with Gasteiger partial charge in [0.1, 0.15) is 5.82 Å². The highest BCUT2D eigenvalue weighted by molar-refractivity contribution is 14.1. The second-order valence-electron chi connectivity index (χ2n) is 4.20. The van der Waals surface area contributed by atoms with E-state index in [0.717, 1.165) is 12.1 Å². The van der Waals surface area contributed by atoms with Crippen molar-refractivity contribution >= 4 is 28.4 Å². The van der Waals surface area contributed by atoms with Crippen LogP contribution in [0.15, 0.2) is 24.3 Å². The van der Waals surface area contributed by atoms with E-state index >= 15 is 0 Å². The van der Waals surface area contributed by atoms with Gasteiger partial charge in [-0.1, -0.05) is 12.1 Å². The smallest absolute Gasteiger partial charge is 0.383 e. The van der Waals surface area contributed by atoms with Crippen LogP contribution < -0.4 is 5.73 Å². The monoisotopic (exact) mass is 409 g/mol. The number of hydrogen-bond donors (Lipinski definition) is 1. The van der Waals surface area contributed by atoms with Crippen LogP contribution in [-0.4, -0.2) is 17.1 Å². The second kappa shape index (κ2) is 6.14. The normalized spacial score (nSPS) is 11.7. The number of rotatable bonds is 3. The Hall–Kier alpha value is -1.42. The molecule has 4 nitrogen and oxygen atoms in total. The van der Waals surface area contributed by atoms with Crippen LogP contribution in [-0.2, 0) is 17.5 Å². The molecule has 1 aromatic heterocycles. The number of halogens is 4. The second-order valence-corrected chi connectivity index (χ2v) is 5.28. The number of nitrogen functional groups attached to an aromatic ring is 1. The largest absolute Gasteiger partial charge is 0.416 e. The summed E-state index contributed by atoms with van der Waals surface area (Å²) in [6.07, 6.45) is -4.42. The molecule has 0 radical (unpaired) electrons. The molecule has 0 saturated heterocycles. The van der Waals surface area contributed by atoms with Crippen molar-refractivity contribution in [1.29, 1.82) is 0 Å². The van der Waals surface area contributed by atoms with E-state index in [4.69, 9.17) is 10.5 Å². The average Bonchev–Trinajstić information content (AvgIpc) is 2.43. The van der Waals surface area contributed by atoms with Gasteiger partial charge in [-0.15, -0.1) is 0 Å². The first kappa shape index (κ1) is 16.0. The van der Waals surface area contributed by atoms with Gasteiger partial charge in [0.25, 0.3) is 0 Å². The molecule has 2 rings (SSSR count). The van der Waals surface area contributed by atoms with Crippen molar-refractivity contribution < 1.29 is 17.9 Å². The molecule has 2 aromatic rings. The maximum Gasteiger partial charge on any atom is 0.416 e. The summed E-state index contributed by atoms with van der Waals surface area (Å²) in [6.45, 7) is 0.205. The van der Waals surface area contributed by atoms with Crippen LogP contribution in [0.1, 0.15) is 11.3 Å². The molecule has 0 spiro atoms. The zero-order valence-corrected chi connectivity index (χ0v) is 13.1. The number of hydrogen-bond acceptors (Lipinski definition) is 4. The molecule has 21 heavy (non-hydrogen) atoms. The van der Waals surface area contributed by atoms with Gasteiger partial charge >= 0.3 is 6.18 Å². The molecule has 0 bridgehead atoms. The van der Waals surface area contributed by atoms with Crippen molar-refractivity contribution in [2.45, 2.75) is 12.8 Å². The number of nitrogens with two attached hydrogens (primary N) is 1. The van der Waals surface area contributed by atoms with Gasteiger partial charge in [-0.3, -0.25) is 0 Å². The minimum atomic E-state index is -4.42. The summed E-state index contributed by atoms with van der Waals surface area (Å²) in [6, 6.07) is 4.81. The van der Waals surface area contributed by atoms with Gasteiger partial charge in [0.15, 0.2) is 5.82 Å². The highest BCUT2D eigenvalue weighted by atomic mass is 127. The van der Waals surface area contributed by atoms with Crippen LogP contribution in [0, 0.1) is 3.57 Å². The number of benzene rings is 1. The van der Waals surface area contributed by atoms with E-state index in [1.165, 1.54) is 19.2 Å². The van der Waals surface area contributed by atoms with Gasteiger partial charge in [-0.2, -0.15) is 13.2 Å². The van der Waals surface area contributed by atoms with E-state index in [2.05, 4.69) is 9.97 Å². The van der Waals surface area contributed by atoms with Gasteiger partial charge in [0.05, 0.1) is 21.4 Å². The number of aromatic nitrogens is 2. The average molecular weight is 409 g/mol. The van der Waals surface area contributed by atoms with Gasteiger partial charge in [0, 0.05) is 12.7 Å². The standard InChI is InChI=1S/C13H11F3IN3O/c1-21-6-9-10(17)11(18)20-12(19-9)7-3-2-4-8(5-7)13(14,15)16/h2-5H,6H2,1H3,(H2,18,19,20). The quantitative estimate of drug-likeness (QED) is 0.789. The molecule has 112 valence electrons. The third kappa shape index (κ3) is 3.62. The Kier molecular flexibility index (Phi) is 4.67. The van der Waals surface area contributed by atoms with E-state index in [9.17, 15) is 13.2 Å². The highest BCUT2D eigenvalue weighted by Crippen LogP contribution is 2.32. The SMILES string of the molecule is COCc1nc(-c2cccc(C(F)(F)F)c2)nc(N)c1I. The molecular formula is C13H11F3IN3O. The van der Waals surface area contributed by atoms with Crippen LogP contribution in [0.25, 0.3) is 11.4 Å². The van der Waals surface area contributed by atoms with Crippen LogP contribution >= 0.6 is 22.6 Å². The molecule has 1 aromatic carbocycles. The van der Waals surface area contributed by atoms with Crippen molar-refractivity contribution in [3.8, 4) is 11.4 Å². The van der Waals surface area contributed by atoms with Crippen LogP contribution in [0.5, 0.6) is 0 Å². The van der Waals surface area contributed by atoms with Crippen LogP contribution in [0.2, 0.25) is 0 Å². The minimum absolute atomic E-state index is 0.145. The zero-order valence-electron chi connectivity index (χ0n) is 10.9. The van der Waals surface area contributed by atoms with Gasteiger partial charge in [-0.05, 0) is 34.7 Å². The molecule has 0 aliphatic rings. The third-order valence-electron chi connectivity index (χ3n) is 2.67. The zero-order chi connectivity index (χ0) is 15.6. The van der Waals surface area contributed by atoms with E-state index in [-0.39, 0.29) is 23.8 Å². The lowest BCUT2D eigenvalue weighted by Gasteiger charge is -2.10. The summed E-state index contributed by atoms with van der Waals surface area (Å²) >= 11 is 1.97. The van der Waals surface area contributed by atoms with Crippen molar-refractivity contribution in [2.24, 2.45) is 0 Å². The van der Waals surface area contributed by atoms with Crippen LogP contribution in [0.3, 0.4) is 0 Å². The molecular weight excluding hydrogens is 398 g/mol. The molecule has 0 saturated carbocycles. The molecule has 0 unspecified atom stereocenters. The molecule has 0 aliphatic heterocycles. The fourth-order valence-corrected chi connectivity index (χ4v) is 2.11. The molecule has 0 fully saturated rings. The Bertz CT molecular complexity index is 662. The Morgan fingerprint density at radius 1 is 1.29 bits per heavy atom. The van der Waals surface area contributed by atoms with Crippen molar-refractivity contribution in [3.05, 3.63) is 39.1 Å². The topological polar surface area (TPSA) is 61.0 Å². The predicted octanol–water partition coefficient (Wildman–Crippen LogP) is 3.50. The first-order valence-corrected chi connectivity index (χ1v) is 6.89. The summed E-state index contributed by atoms with van der Waals surface area (Å²) in [5.74, 6) is 0.358. The number of ether oxygens (including phenoxy) is 1. The fourth-order valence-electron chi connectivity index (χ4n) is 1.71. The fraction of sp³-hybridized carbons (Fsp3) is 0.231. The number of methoxy groups -OCH3 is 1. The Morgan fingerprint density at radius 2 is 2.00 bits per heavy atom. The summed E-state index contributed by atoms with van der Waals surface area (Å²) in [5, 5.41) is 0. The Balaban J connectivity index is 2.52. The molecule has 8 heteroatoms. The van der Waals surface area contributed by atoms with Crippen molar-refractivity contribution in [2.75, 3.05) is 12.8 Å². The summed E-state index contributed by atoms with van der Waals surface area (Å²) in [5.41, 5.74) is 5.82. The van der Waals surface area contributed by atoms with Crippen molar-refractivity contribution in [3.63, 3.8) is 0 Å². The lowest BCUT2D eigenvalue weighted by molar-refractivity contribution is -0.137. The van der Waals surface area contributed by atoms with Gasteiger partial charge in [0.2, 0.25) is 0 Å². The lowest BCUT2D eigenvalue weighted by atomic mass is 10.1.